The summed E-state index contributed by atoms with van der Waals surface area (Å²) in [4.78, 5) is 67.5. The van der Waals surface area contributed by atoms with E-state index in [1.807, 2.05) is 72.8 Å². The molecule has 12 nitrogen and oxygen atoms in total. The number of benzene rings is 4. The zero-order valence-corrected chi connectivity index (χ0v) is 29.3. The fourth-order valence-electron chi connectivity index (χ4n) is 5.64. The van der Waals surface area contributed by atoms with Gasteiger partial charge in [-0.25, -0.2) is 0 Å². The lowest BCUT2D eigenvalue weighted by Gasteiger charge is -2.28. The maximum atomic E-state index is 14.2. The molecule has 9 N–H and O–H groups in total. The van der Waals surface area contributed by atoms with Crippen LogP contribution in [0.5, 0.6) is 5.75 Å². The van der Waals surface area contributed by atoms with E-state index >= 15 is 0 Å². The number of rotatable bonds is 9. The van der Waals surface area contributed by atoms with Gasteiger partial charge in [-0.05, 0) is 46.0 Å². The number of carbonyl (C=O) groups is 5. The van der Waals surface area contributed by atoms with Gasteiger partial charge in [-0.15, -0.1) is 0 Å². The summed E-state index contributed by atoms with van der Waals surface area (Å²) < 4.78 is 0. The van der Waals surface area contributed by atoms with Gasteiger partial charge in [-0.2, -0.15) is 0 Å². The maximum Gasteiger partial charge on any atom is 0.244 e. The Morgan fingerprint density at radius 1 is 0.745 bits per heavy atom. The molecule has 266 valence electrons. The van der Waals surface area contributed by atoms with Gasteiger partial charge in [0.1, 0.15) is 29.9 Å². The Labute approximate surface area is 303 Å². The zero-order chi connectivity index (χ0) is 36.3. The van der Waals surface area contributed by atoms with Crippen molar-refractivity contribution < 1.29 is 29.1 Å². The molecule has 5 rings (SSSR count). The SMILES string of the molecule is NC(=O)[C@@H]1CSSC[C@@H](NC(=O)[C@@H](N)Cc2ccc(O)cc2)C(=O)N[C@@H](Cc2cccc3ccccc23)C(=O)N[C@@H](Cc2ccccc2)C(=O)N1. The normalized spacial score (nSPS) is 21.0. The van der Waals surface area contributed by atoms with Crippen LogP contribution in [0.4, 0.5) is 0 Å². The highest BCUT2D eigenvalue weighted by Crippen LogP contribution is 2.24. The molecule has 51 heavy (non-hydrogen) atoms. The number of fused-ring (bicyclic) bond motifs is 1. The van der Waals surface area contributed by atoms with Crippen molar-refractivity contribution in [2.24, 2.45) is 11.5 Å². The minimum Gasteiger partial charge on any atom is -0.508 e. The number of hydrogen-bond donors (Lipinski definition) is 7. The van der Waals surface area contributed by atoms with E-state index in [1.165, 1.54) is 33.7 Å². The van der Waals surface area contributed by atoms with Gasteiger partial charge in [0.25, 0.3) is 0 Å². The van der Waals surface area contributed by atoms with Gasteiger partial charge in [0.15, 0.2) is 0 Å². The lowest BCUT2D eigenvalue weighted by molar-refractivity contribution is -0.134. The number of phenolic OH excluding ortho intramolecular Hbond substituents is 1. The third-order valence-electron chi connectivity index (χ3n) is 8.43. The number of phenols is 1. The second-order valence-electron chi connectivity index (χ2n) is 12.2. The van der Waals surface area contributed by atoms with Gasteiger partial charge in [0.05, 0.1) is 6.04 Å². The van der Waals surface area contributed by atoms with Crippen molar-refractivity contribution in [3.63, 3.8) is 0 Å². The van der Waals surface area contributed by atoms with Gasteiger partial charge in [0, 0.05) is 24.3 Å². The van der Waals surface area contributed by atoms with E-state index in [1.54, 1.807) is 12.1 Å². The van der Waals surface area contributed by atoms with Crippen LogP contribution in [0.2, 0.25) is 0 Å². The molecule has 0 spiro atoms. The lowest BCUT2D eigenvalue weighted by atomic mass is 9.97. The van der Waals surface area contributed by atoms with Crippen LogP contribution in [-0.4, -0.2) is 76.4 Å². The Hall–Kier alpha value is -5.05. The average molecular weight is 729 g/mol. The van der Waals surface area contributed by atoms with E-state index in [-0.39, 0.29) is 36.5 Å². The molecule has 0 saturated carbocycles. The van der Waals surface area contributed by atoms with E-state index in [4.69, 9.17) is 11.5 Å². The standard InChI is InChI=1S/C37H40N6O6S2/c38-28(17-23-13-15-26(44)16-14-23)34(46)43-32-21-51-50-20-31(33(39)45)42-35(47)29(18-22-7-2-1-3-8-22)40-36(48)30(41-37(32)49)19-25-11-6-10-24-9-4-5-12-27(24)25/h1-16,28-32,44H,17-21,38H2,(H2,39,45)(H,40,48)(H,41,49)(H,42,47)(H,43,46)/t28-,29-,30-,31-,32+/m0/s1. The molecule has 0 unspecified atom stereocenters. The molecule has 0 radical (unpaired) electrons. The number of carbonyl (C=O) groups excluding carboxylic acids is 5. The number of nitrogens with two attached hydrogens (primary N) is 2. The van der Waals surface area contributed by atoms with Gasteiger partial charge >= 0.3 is 0 Å². The van der Waals surface area contributed by atoms with Crippen molar-refractivity contribution >= 4 is 61.9 Å². The van der Waals surface area contributed by atoms with Crippen LogP contribution in [0.3, 0.4) is 0 Å². The minimum atomic E-state index is -1.16. The molecule has 4 aromatic rings. The highest BCUT2D eigenvalue weighted by molar-refractivity contribution is 8.76. The number of amides is 5. The Morgan fingerprint density at radius 2 is 1.37 bits per heavy atom. The average Bonchev–Trinajstić information content (AvgIpc) is 3.12. The molecule has 14 heteroatoms. The van der Waals surface area contributed by atoms with Crippen LogP contribution in [-0.2, 0) is 43.2 Å². The van der Waals surface area contributed by atoms with Crippen molar-refractivity contribution in [3.8, 4) is 5.75 Å². The first-order valence-electron chi connectivity index (χ1n) is 16.4. The smallest absolute Gasteiger partial charge is 0.244 e. The molecule has 5 amide bonds. The second-order valence-corrected chi connectivity index (χ2v) is 14.8. The molecule has 1 saturated heterocycles. The van der Waals surface area contributed by atoms with Gasteiger partial charge in [-0.3, -0.25) is 24.0 Å². The Morgan fingerprint density at radius 3 is 2.12 bits per heavy atom. The summed E-state index contributed by atoms with van der Waals surface area (Å²) in [5.41, 5.74) is 14.2. The molecule has 0 bridgehead atoms. The van der Waals surface area contributed by atoms with Crippen LogP contribution in [0.1, 0.15) is 16.7 Å². The van der Waals surface area contributed by atoms with Gasteiger partial charge in [0.2, 0.25) is 29.5 Å². The van der Waals surface area contributed by atoms with Crippen molar-refractivity contribution in [1.29, 1.82) is 0 Å². The molecule has 1 heterocycles. The summed E-state index contributed by atoms with van der Waals surface area (Å²) >= 11 is 0. The quantitative estimate of drug-likeness (QED) is 0.125. The minimum absolute atomic E-state index is 0.0484. The summed E-state index contributed by atoms with van der Waals surface area (Å²) in [7, 11) is 2.40. The molecule has 1 fully saturated rings. The molecule has 1 aliphatic rings. The van der Waals surface area contributed by atoms with Gasteiger partial charge < -0.3 is 37.8 Å². The third-order valence-corrected chi connectivity index (χ3v) is 10.8. The van der Waals surface area contributed by atoms with Crippen molar-refractivity contribution in [2.45, 2.75) is 49.5 Å². The molecule has 4 aromatic carbocycles. The summed E-state index contributed by atoms with van der Waals surface area (Å²) in [5.74, 6) is -3.00. The van der Waals surface area contributed by atoms with Crippen LogP contribution in [0.15, 0.2) is 97.1 Å². The maximum absolute atomic E-state index is 14.2. The number of hydrogen-bond acceptors (Lipinski definition) is 9. The molecule has 0 aliphatic carbocycles. The Bertz CT molecular complexity index is 1860. The van der Waals surface area contributed by atoms with Crippen LogP contribution < -0.4 is 32.7 Å². The van der Waals surface area contributed by atoms with E-state index in [9.17, 15) is 29.1 Å². The first kappa shape index (κ1) is 37.2. The summed E-state index contributed by atoms with van der Waals surface area (Å²) in [6, 6.07) is 23.2. The van der Waals surface area contributed by atoms with Gasteiger partial charge in [-0.1, -0.05) is 107 Å². The fourth-order valence-corrected chi connectivity index (χ4v) is 7.98. The van der Waals surface area contributed by atoms with E-state index in [0.29, 0.717) is 5.56 Å². The highest BCUT2D eigenvalue weighted by Gasteiger charge is 2.33. The van der Waals surface area contributed by atoms with Crippen molar-refractivity contribution in [1.82, 2.24) is 21.3 Å². The predicted octanol–water partition coefficient (Wildman–Crippen LogP) is 1.72. The van der Waals surface area contributed by atoms with Crippen LogP contribution in [0, 0.1) is 0 Å². The zero-order valence-electron chi connectivity index (χ0n) is 27.6. The number of aromatic hydroxyl groups is 1. The third kappa shape index (κ3) is 10.5. The Balaban J connectivity index is 1.45. The summed E-state index contributed by atoms with van der Waals surface area (Å²) in [5, 5.41) is 22.5. The Kier molecular flexibility index (Phi) is 12.9. The second kappa shape index (κ2) is 17.7. The monoisotopic (exact) mass is 728 g/mol. The van der Waals surface area contributed by atoms with Crippen LogP contribution >= 0.6 is 21.6 Å². The molecular formula is C37H40N6O6S2. The lowest BCUT2D eigenvalue weighted by Crippen LogP contribution is -2.60. The van der Waals surface area contributed by atoms with Crippen LogP contribution in [0.25, 0.3) is 10.8 Å². The number of primary amides is 1. The largest absolute Gasteiger partial charge is 0.508 e. The van der Waals surface area contributed by atoms with Crippen molar-refractivity contribution in [3.05, 3.63) is 114 Å². The topological polar surface area (TPSA) is 206 Å². The molecule has 1 aliphatic heterocycles. The molecule has 0 aromatic heterocycles. The summed E-state index contributed by atoms with van der Waals surface area (Å²) in [6.07, 6.45) is 0.334. The van der Waals surface area contributed by atoms with E-state index in [2.05, 4.69) is 21.3 Å². The predicted molar refractivity (Wildman–Crippen MR) is 199 cm³/mol. The molecular weight excluding hydrogens is 689 g/mol. The summed E-state index contributed by atoms with van der Waals surface area (Å²) in [6.45, 7) is 0. The van der Waals surface area contributed by atoms with E-state index < -0.39 is 59.7 Å². The highest BCUT2D eigenvalue weighted by atomic mass is 33.1. The number of nitrogens with one attached hydrogen (secondary N) is 4. The fraction of sp³-hybridized carbons (Fsp3) is 0.270. The van der Waals surface area contributed by atoms with Crippen molar-refractivity contribution in [2.75, 3.05) is 11.5 Å². The van der Waals surface area contributed by atoms with E-state index in [0.717, 1.165) is 21.9 Å². The molecule has 5 atom stereocenters. The first-order chi connectivity index (χ1) is 24.6. The first-order valence-corrected chi connectivity index (χ1v) is 18.9.